The number of nitrogens with zero attached hydrogens (tertiary/aromatic N) is 1. The highest BCUT2D eigenvalue weighted by atomic mass is 32.1. The van der Waals surface area contributed by atoms with E-state index in [4.69, 9.17) is 5.11 Å². The molecule has 0 amide bonds. The van der Waals surface area contributed by atoms with E-state index in [0.717, 1.165) is 26.6 Å². The molecule has 3 aromatic rings. The van der Waals surface area contributed by atoms with Gasteiger partial charge in [0.15, 0.2) is 0 Å². The zero-order valence-electron chi connectivity index (χ0n) is 14.2. The van der Waals surface area contributed by atoms with Crippen LogP contribution in [0.3, 0.4) is 0 Å². The summed E-state index contributed by atoms with van der Waals surface area (Å²) in [6.07, 6.45) is -4.36. The molecule has 1 N–H and O–H groups in total. The molecule has 1 aliphatic rings. The first-order chi connectivity index (χ1) is 12.8. The summed E-state index contributed by atoms with van der Waals surface area (Å²) < 4.78 is 39.8. The number of hydrogen-bond acceptors (Lipinski definition) is 3. The number of fused-ring (bicyclic) bond motifs is 1. The van der Waals surface area contributed by atoms with Gasteiger partial charge in [-0.3, -0.25) is 9.69 Å². The Kier molecular flexibility index (Phi) is 4.44. The molecule has 1 fully saturated rings. The van der Waals surface area contributed by atoms with Gasteiger partial charge < -0.3 is 5.11 Å². The number of rotatable bonds is 4. The summed E-state index contributed by atoms with van der Waals surface area (Å²) in [5.41, 5.74) is 0.975. The number of halogens is 3. The monoisotopic (exact) mass is 391 g/mol. The first kappa shape index (κ1) is 18.0. The van der Waals surface area contributed by atoms with E-state index in [0.29, 0.717) is 25.2 Å². The van der Waals surface area contributed by atoms with Crippen molar-refractivity contribution in [1.29, 1.82) is 0 Å². The molecular weight excluding hydrogens is 375 g/mol. The van der Waals surface area contributed by atoms with Crippen LogP contribution in [0.15, 0.2) is 48.5 Å². The second-order valence-electron chi connectivity index (χ2n) is 6.79. The second kappa shape index (κ2) is 6.65. The van der Waals surface area contributed by atoms with Crippen LogP contribution in [-0.4, -0.2) is 29.1 Å². The Bertz CT molecular complexity index is 1010. The van der Waals surface area contributed by atoms with Gasteiger partial charge in [0.05, 0.1) is 11.5 Å². The molecule has 0 atom stereocenters. The van der Waals surface area contributed by atoms with Crippen molar-refractivity contribution in [3.05, 3.63) is 59.7 Å². The van der Waals surface area contributed by atoms with Gasteiger partial charge in [0.2, 0.25) is 0 Å². The summed E-state index contributed by atoms with van der Waals surface area (Å²) in [6.45, 7) is 1.77. The first-order valence-electron chi connectivity index (χ1n) is 8.45. The van der Waals surface area contributed by atoms with Crippen molar-refractivity contribution in [2.45, 2.75) is 12.7 Å². The second-order valence-corrected chi connectivity index (χ2v) is 7.87. The quantitative estimate of drug-likeness (QED) is 0.672. The fraction of sp³-hybridized carbons (Fsp3) is 0.250. The number of carbonyl (C=O) groups is 1. The third-order valence-corrected chi connectivity index (χ3v) is 5.93. The Balaban J connectivity index is 1.56. The SMILES string of the molecule is O=C(O)C1CN(Cc2ccc3sc(-c4cccc(C(F)(F)F)c4)cc3c2)C1. The average molecular weight is 391 g/mol. The van der Waals surface area contributed by atoms with E-state index < -0.39 is 17.7 Å². The summed E-state index contributed by atoms with van der Waals surface area (Å²) in [4.78, 5) is 13.7. The minimum Gasteiger partial charge on any atom is -0.481 e. The molecule has 0 unspecified atom stereocenters. The number of alkyl halides is 3. The van der Waals surface area contributed by atoms with E-state index in [1.807, 2.05) is 24.3 Å². The highest BCUT2D eigenvalue weighted by Crippen LogP contribution is 2.37. The number of thiophene rings is 1. The minimum atomic E-state index is -4.36. The van der Waals surface area contributed by atoms with Gasteiger partial charge in [-0.25, -0.2) is 0 Å². The van der Waals surface area contributed by atoms with Crippen LogP contribution >= 0.6 is 11.3 Å². The smallest absolute Gasteiger partial charge is 0.416 e. The van der Waals surface area contributed by atoms with Crippen LogP contribution < -0.4 is 0 Å². The van der Waals surface area contributed by atoms with Crippen molar-refractivity contribution in [3.8, 4) is 10.4 Å². The molecule has 7 heteroatoms. The molecule has 0 radical (unpaired) electrons. The Morgan fingerprint density at radius 1 is 1.15 bits per heavy atom. The van der Waals surface area contributed by atoms with Crippen LogP contribution in [0.4, 0.5) is 13.2 Å². The molecule has 1 aliphatic heterocycles. The van der Waals surface area contributed by atoms with E-state index in [1.54, 1.807) is 6.07 Å². The first-order valence-corrected chi connectivity index (χ1v) is 9.26. The van der Waals surface area contributed by atoms with Gasteiger partial charge >= 0.3 is 12.1 Å². The van der Waals surface area contributed by atoms with Crippen molar-refractivity contribution >= 4 is 27.4 Å². The topological polar surface area (TPSA) is 40.5 Å². The Hall–Kier alpha value is -2.38. The summed E-state index contributed by atoms with van der Waals surface area (Å²) >= 11 is 1.46. The lowest BCUT2D eigenvalue weighted by atomic mass is 9.99. The highest BCUT2D eigenvalue weighted by Gasteiger charge is 2.32. The predicted octanol–water partition coefficient (Wildman–Crippen LogP) is 5.10. The van der Waals surface area contributed by atoms with E-state index in [2.05, 4.69) is 4.90 Å². The molecule has 1 aromatic heterocycles. The number of hydrogen-bond donors (Lipinski definition) is 1. The largest absolute Gasteiger partial charge is 0.481 e. The Morgan fingerprint density at radius 3 is 2.63 bits per heavy atom. The van der Waals surface area contributed by atoms with Gasteiger partial charge in [0.25, 0.3) is 0 Å². The maximum atomic E-state index is 12.9. The van der Waals surface area contributed by atoms with Gasteiger partial charge in [-0.05, 0) is 46.8 Å². The standard InChI is InChI=1S/C20H16F3NO2S/c21-20(22,23)16-3-1-2-13(7-16)18-8-14-6-12(4-5-17(14)27-18)9-24-10-15(11-24)19(25)26/h1-8,15H,9-11H2,(H,25,26). The maximum Gasteiger partial charge on any atom is 0.416 e. The van der Waals surface area contributed by atoms with Crippen molar-refractivity contribution in [2.75, 3.05) is 13.1 Å². The summed E-state index contributed by atoms with van der Waals surface area (Å²) in [6, 6.07) is 13.3. The molecule has 2 aromatic carbocycles. The van der Waals surface area contributed by atoms with Gasteiger partial charge in [-0.15, -0.1) is 11.3 Å². The number of carboxylic acids is 1. The molecular formula is C20H16F3NO2S. The van der Waals surface area contributed by atoms with Crippen LogP contribution in [0.25, 0.3) is 20.5 Å². The lowest BCUT2D eigenvalue weighted by molar-refractivity contribution is -0.147. The van der Waals surface area contributed by atoms with Gasteiger partial charge in [0.1, 0.15) is 0 Å². The average Bonchev–Trinajstić information content (AvgIpc) is 3.00. The minimum absolute atomic E-state index is 0.289. The van der Waals surface area contributed by atoms with Crippen molar-refractivity contribution in [2.24, 2.45) is 5.92 Å². The zero-order chi connectivity index (χ0) is 19.2. The van der Waals surface area contributed by atoms with E-state index >= 15 is 0 Å². The van der Waals surface area contributed by atoms with Gasteiger partial charge in [-0.1, -0.05) is 18.2 Å². The van der Waals surface area contributed by atoms with E-state index in [1.165, 1.54) is 23.5 Å². The lowest BCUT2D eigenvalue weighted by Gasteiger charge is -2.36. The summed E-state index contributed by atoms with van der Waals surface area (Å²) in [7, 11) is 0. The Morgan fingerprint density at radius 2 is 1.93 bits per heavy atom. The van der Waals surface area contributed by atoms with E-state index in [9.17, 15) is 18.0 Å². The summed E-state index contributed by atoms with van der Waals surface area (Å²) in [5.74, 6) is -1.05. The summed E-state index contributed by atoms with van der Waals surface area (Å²) in [5, 5.41) is 9.93. The predicted molar refractivity (Wildman–Crippen MR) is 98.7 cm³/mol. The molecule has 1 saturated heterocycles. The highest BCUT2D eigenvalue weighted by molar-refractivity contribution is 7.22. The number of benzene rings is 2. The zero-order valence-corrected chi connectivity index (χ0v) is 15.0. The lowest BCUT2D eigenvalue weighted by Crippen LogP contribution is -2.49. The fourth-order valence-electron chi connectivity index (χ4n) is 3.30. The molecule has 3 nitrogen and oxygen atoms in total. The fourth-order valence-corrected chi connectivity index (χ4v) is 4.34. The molecule has 0 spiro atoms. The van der Waals surface area contributed by atoms with Crippen LogP contribution in [0.2, 0.25) is 0 Å². The van der Waals surface area contributed by atoms with Gasteiger partial charge in [0, 0.05) is 29.2 Å². The Labute approximate surface area is 157 Å². The third kappa shape index (κ3) is 3.70. The molecule has 140 valence electrons. The molecule has 27 heavy (non-hydrogen) atoms. The van der Waals surface area contributed by atoms with Crippen LogP contribution in [0, 0.1) is 5.92 Å². The molecule has 0 bridgehead atoms. The van der Waals surface area contributed by atoms with Gasteiger partial charge in [-0.2, -0.15) is 13.2 Å². The van der Waals surface area contributed by atoms with Crippen LogP contribution in [-0.2, 0) is 17.5 Å². The maximum absolute atomic E-state index is 12.9. The number of aliphatic carboxylic acids is 1. The molecule has 0 aliphatic carbocycles. The normalized spacial score (nSPS) is 15.8. The van der Waals surface area contributed by atoms with Crippen LogP contribution in [0.1, 0.15) is 11.1 Å². The van der Waals surface area contributed by atoms with Crippen LogP contribution in [0.5, 0.6) is 0 Å². The molecule has 0 saturated carbocycles. The van der Waals surface area contributed by atoms with Crippen molar-refractivity contribution in [3.63, 3.8) is 0 Å². The van der Waals surface area contributed by atoms with E-state index in [-0.39, 0.29) is 5.92 Å². The molecule has 4 rings (SSSR count). The van der Waals surface area contributed by atoms with Crippen molar-refractivity contribution in [1.82, 2.24) is 4.90 Å². The molecule has 2 heterocycles. The number of carboxylic acid groups (broad SMARTS) is 1. The number of likely N-dealkylation sites (tertiary alicyclic amines) is 1. The third-order valence-electron chi connectivity index (χ3n) is 4.77. The van der Waals surface area contributed by atoms with Crippen molar-refractivity contribution < 1.29 is 23.1 Å².